The van der Waals surface area contributed by atoms with E-state index in [1.807, 2.05) is 39.8 Å². The van der Waals surface area contributed by atoms with Crippen molar-refractivity contribution in [2.75, 3.05) is 29.9 Å². The van der Waals surface area contributed by atoms with E-state index in [0.29, 0.717) is 49.5 Å². The molecule has 1 aliphatic heterocycles. The zero-order chi connectivity index (χ0) is 22.8. The number of pyridine rings is 1. The largest absolute Gasteiger partial charge is 0.462 e. The van der Waals surface area contributed by atoms with Crippen molar-refractivity contribution in [3.63, 3.8) is 0 Å². The van der Waals surface area contributed by atoms with Crippen LogP contribution in [0.15, 0.2) is 24.3 Å². The van der Waals surface area contributed by atoms with E-state index in [2.05, 4.69) is 15.2 Å². The van der Waals surface area contributed by atoms with Gasteiger partial charge in [-0.15, -0.1) is 0 Å². The number of aliphatic hydroxyl groups is 1. The Hall–Kier alpha value is -2.93. The summed E-state index contributed by atoms with van der Waals surface area (Å²) in [6.07, 6.45) is 1.32. The van der Waals surface area contributed by atoms with E-state index in [1.165, 1.54) is 0 Å². The molecule has 1 aromatic carbocycles. The molecule has 31 heavy (non-hydrogen) atoms. The number of carbonyl (C=O) groups is 2. The van der Waals surface area contributed by atoms with Crippen molar-refractivity contribution in [1.29, 1.82) is 0 Å². The fourth-order valence-electron chi connectivity index (χ4n) is 3.81. The molecule has 0 atom stereocenters. The van der Waals surface area contributed by atoms with Crippen molar-refractivity contribution in [3.05, 3.63) is 52.2 Å². The summed E-state index contributed by atoms with van der Waals surface area (Å²) in [6.45, 7) is 10.9. The van der Waals surface area contributed by atoms with Crippen LogP contribution in [0.25, 0.3) is 0 Å². The monoisotopic (exact) mass is 425 g/mol. The molecule has 1 aromatic heterocycles. The Morgan fingerprint density at radius 1 is 1.13 bits per heavy atom. The Balaban J connectivity index is 1.81. The van der Waals surface area contributed by atoms with Crippen molar-refractivity contribution in [1.82, 2.24) is 4.98 Å². The second-order valence-electron chi connectivity index (χ2n) is 8.48. The molecule has 0 spiro atoms. The minimum atomic E-state index is -0.647. The third kappa shape index (κ3) is 5.22. The van der Waals surface area contributed by atoms with Gasteiger partial charge in [0.2, 0.25) is 0 Å². The van der Waals surface area contributed by atoms with Crippen LogP contribution in [0.4, 0.5) is 11.5 Å². The minimum absolute atomic E-state index is 0.293. The van der Waals surface area contributed by atoms with Gasteiger partial charge < -0.3 is 20.1 Å². The summed E-state index contributed by atoms with van der Waals surface area (Å²) in [5, 5.41) is 13.2. The molecule has 7 nitrogen and oxygen atoms in total. The first kappa shape index (κ1) is 22.7. The first-order valence-electron chi connectivity index (χ1n) is 10.7. The molecule has 0 unspecified atom stereocenters. The van der Waals surface area contributed by atoms with E-state index < -0.39 is 5.60 Å². The Morgan fingerprint density at radius 2 is 1.74 bits per heavy atom. The van der Waals surface area contributed by atoms with Crippen LogP contribution in [0.5, 0.6) is 0 Å². The highest BCUT2D eigenvalue weighted by molar-refractivity contribution is 6.05. The zero-order valence-corrected chi connectivity index (χ0v) is 18.9. The summed E-state index contributed by atoms with van der Waals surface area (Å²) in [5.41, 5.74) is 3.19. The van der Waals surface area contributed by atoms with Crippen LogP contribution in [0.3, 0.4) is 0 Å². The van der Waals surface area contributed by atoms with E-state index in [1.54, 1.807) is 19.1 Å². The number of benzene rings is 1. The number of carbonyl (C=O) groups excluding carboxylic acids is 2. The topological polar surface area (TPSA) is 91.8 Å². The number of nitrogens with one attached hydrogen (secondary N) is 1. The van der Waals surface area contributed by atoms with Crippen LogP contribution >= 0.6 is 0 Å². The summed E-state index contributed by atoms with van der Waals surface area (Å²) < 4.78 is 5.07. The van der Waals surface area contributed by atoms with Crippen LogP contribution in [-0.4, -0.2) is 47.3 Å². The molecular weight excluding hydrogens is 394 g/mol. The number of hydrogen-bond acceptors (Lipinski definition) is 6. The van der Waals surface area contributed by atoms with Gasteiger partial charge in [-0.25, -0.2) is 9.78 Å². The molecule has 0 saturated carbocycles. The minimum Gasteiger partial charge on any atom is -0.462 e. The van der Waals surface area contributed by atoms with E-state index >= 15 is 0 Å². The molecule has 1 saturated heterocycles. The van der Waals surface area contributed by atoms with E-state index in [9.17, 15) is 14.7 Å². The summed E-state index contributed by atoms with van der Waals surface area (Å²) in [4.78, 5) is 31.8. The van der Waals surface area contributed by atoms with Crippen LogP contribution in [0.1, 0.15) is 64.2 Å². The molecule has 1 amide bonds. The van der Waals surface area contributed by atoms with E-state index in [4.69, 9.17) is 4.74 Å². The van der Waals surface area contributed by atoms with Gasteiger partial charge in [-0.2, -0.15) is 0 Å². The fourth-order valence-corrected chi connectivity index (χ4v) is 3.81. The molecule has 2 heterocycles. The number of amides is 1. The predicted molar refractivity (Wildman–Crippen MR) is 121 cm³/mol. The molecule has 0 bridgehead atoms. The highest BCUT2D eigenvalue weighted by Gasteiger charge is 2.28. The van der Waals surface area contributed by atoms with Gasteiger partial charge in [-0.1, -0.05) is 6.07 Å². The molecule has 166 valence electrons. The Morgan fingerprint density at radius 3 is 2.32 bits per heavy atom. The van der Waals surface area contributed by atoms with Crippen molar-refractivity contribution >= 4 is 23.4 Å². The van der Waals surface area contributed by atoms with Gasteiger partial charge in [0.1, 0.15) is 11.5 Å². The lowest BCUT2D eigenvalue weighted by atomic mass is 9.94. The number of piperidine rings is 1. The fraction of sp³-hybridized carbons (Fsp3) is 0.458. The normalized spacial score (nSPS) is 15.5. The molecule has 0 aliphatic carbocycles. The van der Waals surface area contributed by atoms with Gasteiger partial charge in [-0.05, 0) is 82.3 Å². The van der Waals surface area contributed by atoms with Crippen molar-refractivity contribution in [3.8, 4) is 0 Å². The van der Waals surface area contributed by atoms with Crippen LogP contribution in [0, 0.1) is 20.8 Å². The van der Waals surface area contributed by atoms with Gasteiger partial charge in [0.25, 0.3) is 5.91 Å². The molecular formula is C24H31N3O4. The van der Waals surface area contributed by atoms with Crippen LogP contribution < -0.4 is 10.2 Å². The quantitative estimate of drug-likeness (QED) is 0.708. The molecule has 2 N–H and O–H groups in total. The molecule has 0 radical (unpaired) electrons. The van der Waals surface area contributed by atoms with Crippen LogP contribution in [0.2, 0.25) is 0 Å². The smallest absolute Gasteiger partial charge is 0.338 e. The Bertz CT molecular complexity index is 967. The lowest BCUT2D eigenvalue weighted by Crippen LogP contribution is -2.42. The van der Waals surface area contributed by atoms with E-state index in [0.717, 1.165) is 22.5 Å². The molecule has 7 heteroatoms. The standard InChI is InChI=1S/C24H31N3O4/c1-6-31-23(29)18-13-16(3)20(17(4)14-18)26-22(28)21-15(2)7-8-19(25-21)27-11-9-24(5,30)10-12-27/h7-8,13-14,30H,6,9-12H2,1-5H3,(H,26,28). The van der Waals surface area contributed by atoms with Crippen molar-refractivity contribution < 1.29 is 19.4 Å². The lowest BCUT2D eigenvalue weighted by Gasteiger charge is -2.36. The Labute approximate surface area is 183 Å². The predicted octanol–water partition coefficient (Wildman–Crippen LogP) is 3.79. The van der Waals surface area contributed by atoms with Gasteiger partial charge >= 0.3 is 5.97 Å². The molecule has 1 fully saturated rings. The SMILES string of the molecule is CCOC(=O)c1cc(C)c(NC(=O)c2nc(N3CCC(C)(O)CC3)ccc2C)c(C)c1. The highest BCUT2D eigenvalue weighted by Crippen LogP contribution is 2.27. The first-order valence-corrected chi connectivity index (χ1v) is 10.7. The molecule has 2 aromatic rings. The van der Waals surface area contributed by atoms with Gasteiger partial charge in [0, 0.05) is 18.8 Å². The number of ether oxygens (including phenoxy) is 1. The number of nitrogens with zero attached hydrogens (tertiary/aromatic N) is 2. The molecule has 1 aliphatic rings. The van der Waals surface area contributed by atoms with Gasteiger partial charge in [-0.3, -0.25) is 4.79 Å². The van der Waals surface area contributed by atoms with Crippen molar-refractivity contribution in [2.24, 2.45) is 0 Å². The molecule has 3 rings (SSSR count). The number of rotatable bonds is 5. The van der Waals surface area contributed by atoms with Gasteiger partial charge in [0.15, 0.2) is 0 Å². The maximum atomic E-state index is 13.1. The van der Waals surface area contributed by atoms with Crippen molar-refractivity contribution in [2.45, 2.75) is 53.1 Å². The maximum absolute atomic E-state index is 13.1. The second-order valence-corrected chi connectivity index (χ2v) is 8.48. The Kier molecular flexibility index (Phi) is 6.65. The third-order valence-corrected chi connectivity index (χ3v) is 5.74. The van der Waals surface area contributed by atoms with Gasteiger partial charge in [0.05, 0.1) is 17.8 Å². The second kappa shape index (κ2) is 9.06. The third-order valence-electron chi connectivity index (χ3n) is 5.74. The summed E-state index contributed by atoms with van der Waals surface area (Å²) in [5.74, 6) is 0.0630. The lowest BCUT2D eigenvalue weighted by molar-refractivity contribution is 0.0349. The summed E-state index contributed by atoms with van der Waals surface area (Å²) >= 11 is 0. The number of aryl methyl sites for hydroxylation is 3. The number of anilines is 2. The highest BCUT2D eigenvalue weighted by atomic mass is 16.5. The maximum Gasteiger partial charge on any atom is 0.338 e. The average molecular weight is 426 g/mol. The van der Waals surface area contributed by atoms with Crippen LogP contribution in [-0.2, 0) is 4.74 Å². The first-order chi connectivity index (χ1) is 14.6. The van der Waals surface area contributed by atoms with E-state index in [-0.39, 0.29) is 11.9 Å². The number of esters is 1. The summed E-state index contributed by atoms with van der Waals surface area (Å²) in [6, 6.07) is 7.25. The number of aromatic nitrogens is 1. The summed E-state index contributed by atoms with van der Waals surface area (Å²) in [7, 11) is 0. The number of hydrogen-bond donors (Lipinski definition) is 2. The average Bonchev–Trinajstić information content (AvgIpc) is 2.71. The zero-order valence-electron chi connectivity index (χ0n) is 18.9.